The molecule has 0 saturated heterocycles. The molecule has 0 spiro atoms. The third-order valence-corrected chi connectivity index (χ3v) is 4.89. The summed E-state index contributed by atoms with van der Waals surface area (Å²) in [6.07, 6.45) is -4.64. The van der Waals surface area contributed by atoms with Gasteiger partial charge in [-0.05, 0) is 36.2 Å². The molecule has 1 unspecified atom stereocenters. The van der Waals surface area contributed by atoms with Crippen molar-refractivity contribution in [2.24, 2.45) is 0 Å². The summed E-state index contributed by atoms with van der Waals surface area (Å²) in [5.74, 6) is 0. The number of thiophene rings is 1. The van der Waals surface area contributed by atoms with Crippen molar-refractivity contribution in [3.05, 3.63) is 55.7 Å². The van der Waals surface area contributed by atoms with Crippen LogP contribution in [0.1, 0.15) is 33.9 Å². The van der Waals surface area contributed by atoms with Gasteiger partial charge in [-0.2, -0.15) is 13.2 Å². The van der Waals surface area contributed by atoms with Crippen molar-refractivity contribution in [1.82, 2.24) is 0 Å². The first kappa shape index (κ1) is 15.5. The lowest BCUT2D eigenvalue weighted by atomic mass is 10.0. The molecule has 6 heteroatoms. The van der Waals surface area contributed by atoms with E-state index in [0.29, 0.717) is 4.88 Å². The molecule has 0 bridgehead atoms. The molecule has 1 heterocycles. The summed E-state index contributed by atoms with van der Waals surface area (Å²) in [5.41, 5.74) is -0.536. The lowest BCUT2D eigenvalue weighted by molar-refractivity contribution is -0.138. The molecule has 1 N–H and O–H groups in total. The maximum absolute atomic E-state index is 12.8. The normalized spacial score (nSPS) is 13.5. The van der Waals surface area contributed by atoms with Gasteiger partial charge >= 0.3 is 6.18 Å². The van der Waals surface area contributed by atoms with Crippen molar-refractivity contribution in [2.75, 3.05) is 0 Å². The topological polar surface area (TPSA) is 20.2 Å². The van der Waals surface area contributed by atoms with Gasteiger partial charge in [0.15, 0.2) is 0 Å². The second-order valence-corrected chi connectivity index (χ2v) is 6.35. The summed E-state index contributed by atoms with van der Waals surface area (Å²) >= 11 is 4.30. The van der Waals surface area contributed by atoms with E-state index in [-0.39, 0.29) is 10.0 Å². The van der Waals surface area contributed by atoms with E-state index in [4.69, 9.17) is 0 Å². The Bertz CT molecular complexity index is 607. The number of aliphatic hydroxyl groups is 1. The van der Waals surface area contributed by atoms with Crippen LogP contribution in [0.4, 0.5) is 13.2 Å². The molecular formula is C14H12BrF3OS. The van der Waals surface area contributed by atoms with Gasteiger partial charge in [0.05, 0.1) is 5.56 Å². The fraction of sp³-hybridized carbons (Fsp3) is 0.286. The lowest BCUT2D eigenvalue weighted by Gasteiger charge is -2.14. The van der Waals surface area contributed by atoms with Crippen LogP contribution in [0.25, 0.3) is 0 Å². The van der Waals surface area contributed by atoms with Crippen LogP contribution < -0.4 is 0 Å². The minimum Gasteiger partial charge on any atom is -0.383 e. The Kier molecular flexibility index (Phi) is 4.56. The van der Waals surface area contributed by atoms with E-state index in [0.717, 1.165) is 17.4 Å². The predicted octanol–water partition coefficient (Wildman–Crippen LogP) is 5.17. The second-order valence-electron chi connectivity index (χ2n) is 4.30. The van der Waals surface area contributed by atoms with Gasteiger partial charge in [-0.1, -0.05) is 28.9 Å². The first-order chi connectivity index (χ1) is 9.32. The van der Waals surface area contributed by atoms with Crippen LogP contribution in [0.2, 0.25) is 0 Å². The van der Waals surface area contributed by atoms with Gasteiger partial charge in [-0.15, -0.1) is 11.3 Å². The molecule has 1 nitrogen and oxygen atoms in total. The van der Waals surface area contributed by atoms with Crippen LogP contribution in [0.5, 0.6) is 0 Å². The summed E-state index contributed by atoms with van der Waals surface area (Å²) in [5, 5.41) is 10.2. The molecule has 0 aliphatic heterocycles. The van der Waals surface area contributed by atoms with Crippen molar-refractivity contribution in [2.45, 2.75) is 25.6 Å². The zero-order chi connectivity index (χ0) is 14.9. The molecule has 1 aromatic heterocycles. The standard InChI is InChI=1S/C14H12BrF3OS/c1-2-9-4-6-12(20-9)13(19)8-3-5-11(15)10(7-8)14(16,17)18/h3-7,13,19H,2H2,1H3. The Labute approximate surface area is 127 Å². The van der Waals surface area contributed by atoms with Gasteiger partial charge in [0.2, 0.25) is 0 Å². The molecule has 1 aromatic carbocycles. The molecule has 0 aliphatic rings. The van der Waals surface area contributed by atoms with E-state index >= 15 is 0 Å². The summed E-state index contributed by atoms with van der Waals surface area (Å²) < 4.78 is 38.5. The van der Waals surface area contributed by atoms with Crippen molar-refractivity contribution in [3.8, 4) is 0 Å². The van der Waals surface area contributed by atoms with Crippen LogP contribution >= 0.6 is 27.3 Å². The Balaban J connectivity index is 2.37. The molecule has 0 radical (unpaired) electrons. The third-order valence-electron chi connectivity index (χ3n) is 2.91. The van der Waals surface area contributed by atoms with Crippen molar-refractivity contribution in [3.63, 3.8) is 0 Å². The molecule has 0 amide bonds. The van der Waals surface area contributed by atoms with Gasteiger partial charge in [-0.25, -0.2) is 0 Å². The van der Waals surface area contributed by atoms with Gasteiger partial charge in [0, 0.05) is 14.2 Å². The summed E-state index contributed by atoms with van der Waals surface area (Å²) in [7, 11) is 0. The zero-order valence-corrected chi connectivity index (χ0v) is 12.9. The smallest absolute Gasteiger partial charge is 0.383 e. The average molecular weight is 365 g/mol. The van der Waals surface area contributed by atoms with E-state index in [1.165, 1.54) is 23.5 Å². The van der Waals surface area contributed by atoms with E-state index in [9.17, 15) is 18.3 Å². The molecular weight excluding hydrogens is 353 g/mol. The molecule has 0 fully saturated rings. The minimum absolute atomic E-state index is 0.0265. The van der Waals surface area contributed by atoms with Crippen LogP contribution in [0.15, 0.2) is 34.8 Å². The van der Waals surface area contributed by atoms with Gasteiger partial charge in [0.25, 0.3) is 0 Å². The number of aryl methyl sites for hydroxylation is 1. The van der Waals surface area contributed by atoms with Crippen molar-refractivity contribution >= 4 is 27.3 Å². The van der Waals surface area contributed by atoms with Gasteiger partial charge in [-0.3, -0.25) is 0 Å². The molecule has 108 valence electrons. The maximum Gasteiger partial charge on any atom is 0.417 e. The van der Waals surface area contributed by atoms with Crippen LogP contribution in [-0.4, -0.2) is 5.11 Å². The summed E-state index contributed by atoms with van der Waals surface area (Å²) in [6.45, 7) is 1.99. The molecule has 1 atom stereocenters. The molecule has 2 aromatic rings. The highest BCUT2D eigenvalue weighted by Gasteiger charge is 2.33. The average Bonchev–Trinajstić information content (AvgIpc) is 2.86. The largest absolute Gasteiger partial charge is 0.417 e. The number of alkyl halides is 3. The molecule has 0 saturated carbocycles. The van der Waals surface area contributed by atoms with Crippen molar-refractivity contribution < 1.29 is 18.3 Å². The Hall–Kier alpha value is -0.850. The van der Waals surface area contributed by atoms with Crippen LogP contribution in [0.3, 0.4) is 0 Å². The van der Waals surface area contributed by atoms with E-state index in [2.05, 4.69) is 15.9 Å². The quantitative estimate of drug-likeness (QED) is 0.795. The lowest BCUT2D eigenvalue weighted by Crippen LogP contribution is -2.08. The monoisotopic (exact) mass is 364 g/mol. The number of rotatable bonds is 3. The molecule has 20 heavy (non-hydrogen) atoms. The van der Waals surface area contributed by atoms with Crippen molar-refractivity contribution in [1.29, 1.82) is 0 Å². The van der Waals surface area contributed by atoms with Crippen LogP contribution in [0, 0.1) is 0 Å². The number of hydrogen-bond acceptors (Lipinski definition) is 2. The highest BCUT2D eigenvalue weighted by molar-refractivity contribution is 9.10. The van der Waals surface area contributed by atoms with E-state index < -0.39 is 17.8 Å². The minimum atomic E-state index is -4.45. The van der Waals surface area contributed by atoms with Crippen LogP contribution in [-0.2, 0) is 12.6 Å². The number of aliphatic hydroxyl groups excluding tert-OH is 1. The SMILES string of the molecule is CCc1ccc(C(O)c2ccc(Br)c(C(F)(F)F)c2)s1. The highest BCUT2D eigenvalue weighted by atomic mass is 79.9. The summed E-state index contributed by atoms with van der Waals surface area (Å²) in [4.78, 5) is 1.74. The van der Waals surface area contributed by atoms with Gasteiger partial charge < -0.3 is 5.11 Å². The molecule has 2 rings (SSSR count). The second kappa shape index (κ2) is 5.87. The predicted molar refractivity (Wildman–Crippen MR) is 76.9 cm³/mol. The maximum atomic E-state index is 12.8. The molecule has 0 aliphatic carbocycles. The highest BCUT2D eigenvalue weighted by Crippen LogP contribution is 2.38. The van der Waals surface area contributed by atoms with E-state index in [1.807, 2.05) is 13.0 Å². The summed E-state index contributed by atoms with van der Waals surface area (Å²) in [6, 6.07) is 7.43. The Morgan fingerprint density at radius 2 is 1.95 bits per heavy atom. The number of hydrogen-bond donors (Lipinski definition) is 1. The first-order valence-corrected chi connectivity index (χ1v) is 7.57. The third kappa shape index (κ3) is 3.24. The Morgan fingerprint density at radius 3 is 2.50 bits per heavy atom. The van der Waals surface area contributed by atoms with E-state index in [1.54, 1.807) is 6.07 Å². The first-order valence-electron chi connectivity index (χ1n) is 5.96. The number of halogens is 4. The zero-order valence-electron chi connectivity index (χ0n) is 10.5. The fourth-order valence-electron chi connectivity index (χ4n) is 1.83. The number of benzene rings is 1. The Morgan fingerprint density at radius 1 is 1.25 bits per heavy atom. The fourth-order valence-corrected chi connectivity index (χ4v) is 3.26. The van der Waals surface area contributed by atoms with Gasteiger partial charge in [0.1, 0.15) is 6.10 Å².